The number of furan rings is 1. The van der Waals surface area contributed by atoms with Gasteiger partial charge in [0.1, 0.15) is 23.4 Å². The summed E-state index contributed by atoms with van der Waals surface area (Å²) in [7, 11) is 0. The predicted octanol–water partition coefficient (Wildman–Crippen LogP) is 5.44. The molecule has 0 aliphatic rings. The molecule has 0 aliphatic carbocycles. The molecule has 0 aliphatic heterocycles. The number of carboxylic acid groups (broad SMARTS) is 1. The number of nitrogens with zero attached hydrogens (tertiary/aromatic N) is 1. The number of rotatable bonds is 9. The molecule has 0 radical (unpaired) electrons. The third-order valence-corrected chi connectivity index (χ3v) is 6.05. The Labute approximate surface area is 214 Å². The Kier molecular flexibility index (Phi) is 7.67. The Morgan fingerprint density at radius 3 is 2.35 bits per heavy atom. The van der Waals surface area contributed by atoms with Crippen LogP contribution in [0.1, 0.15) is 38.2 Å². The van der Waals surface area contributed by atoms with Gasteiger partial charge in [-0.05, 0) is 73.4 Å². The number of benzene rings is 2. The first-order valence-corrected chi connectivity index (χ1v) is 11.8. The number of halogens is 1. The van der Waals surface area contributed by atoms with Gasteiger partial charge in [0.15, 0.2) is 0 Å². The number of aliphatic carboxylic acids is 1. The third kappa shape index (κ3) is 6.41. The van der Waals surface area contributed by atoms with Gasteiger partial charge in [-0.3, -0.25) is 4.79 Å². The Balaban J connectivity index is 1.40. The Morgan fingerprint density at radius 1 is 1.00 bits per heavy atom. The van der Waals surface area contributed by atoms with Crippen molar-refractivity contribution >= 4 is 17.7 Å². The number of anilines is 1. The zero-order chi connectivity index (χ0) is 26.5. The van der Waals surface area contributed by atoms with Crippen molar-refractivity contribution in [2.75, 3.05) is 5.32 Å². The summed E-state index contributed by atoms with van der Waals surface area (Å²) in [6, 6.07) is 14.5. The van der Waals surface area contributed by atoms with E-state index < -0.39 is 23.7 Å². The number of hydrogen-bond acceptors (Lipinski definition) is 5. The van der Waals surface area contributed by atoms with Crippen LogP contribution in [0, 0.1) is 26.6 Å². The van der Waals surface area contributed by atoms with Gasteiger partial charge in [-0.25, -0.2) is 14.2 Å². The molecule has 37 heavy (non-hydrogen) atoms. The maximum absolute atomic E-state index is 13.6. The first kappa shape index (κ1) is 25.6. The highest BCUT2D eigenvalue weighted by atomic mass is 19.1. The van der Waals surface area contributed by atoms with Crippen LogP contribution in [0.15, 0.2) is 71.5 Å². The topological polar surface area (TPSA) is 104 Å². The minimum absolute atomic E-state index is 0.0947. The van der Waals surface area contributed by atoms with Gasteiger partial charge in [0.05, 0.1) is 6.26 Å². The van der Waals surface area contributed by atoms with Crippen LogP contribution in [0.4, 0.5) is 10.2 Å². The second kappa shape index (κ2) is 11.1. The molecule has 1 unspecified atom stereocenters. The van der Waals surface area contributed by atoms with Crippen LogP contribution in [0.25, 0.3) is 11.3 Å². The molecule has 2 heterocycles. The number of carbonyl (C=O) groups excluding carboxylic acids is 1. The highest BCUT2D eigenvalue weighted by molar-refractivity contribution is 5.99. The van der Waals surface area contributed by atoms with Crippen molar-refractivity contribution in [1.82, 2.24) is 10.3 Å². The molecule has 0 bridgehead atoms. The largest absolute Gasteiger partial charge is 0.480 e. The van der Waals surface area contributed by atoms with E-state index in [9.17, 15) is 19.1 Å². The molecule has 0 saturated heterocycles. The number of aromatic nitrogens is 1. The average Bonchev–Trinajstić information content (AvgIpc) is 3.31. The van der Waals surface area contributed by atoms with E-state index in [1.54, 1.807) is 26.3 Å². The van der Waals surface area contributed by atoms with Crippen molar-refractivity contribution < 1.29 is 23.5 Å². The molecule has 0 saturated carbocycles. The van der Waals surface area contributed by atoms with Gasteiger partial charge >= 0.3 is 5.97 Å². The van der Waals surface area contributed by atoms with Gasteiger partial charge in [-0.1, -0.05) is 24.3 Å². The predicted molar refractivity (Wildman–Crippen MR) is 139 cm³/mol. The third-order valence-electron chi connectivity index (χ3n) is 6.05. The fourth-order valence-corrected chi connectivity index (χ4v) is 4.19. The molecule has 1 atom stereocenters. The minimum atomic E-state index is -1.15. The van der Waals surface area contributed by atoms with Crippen molar-refractivity contribution in [3.8, 4) is 11.3 Å². The van der Waals surface area contributed by atoms with Gasteiger partial charge in [0, 0.05) is 35.9 Å². The quantitative estimate of drug-likeness (QED) is 0.282. The van der Waals surface area contributed by atoms with Crippen LogP contribution in [-0.2, 0) is 17.8 Å². The van der Waals surface area contributed by atoms with Gasteiger partial charge < -0.3 is 20.2 Å². The van der Waals surface area contributed by atoms with E-state index in [1.807, 2.05) is 49.4 Å². The van der Waals surface area contributed by atoms with E-state index in [2.05, 4.69) is 15.6 Å². The molecular weight excluding hydrogens is 473 g/mol. The number of aryl methyl sites for hydroxylation is 3. The summed E-state index contributed by atoms with van der Waals surface area (Å²) < 4.78 is 19.3. The van der Waals surface area contributed by atoms with Crippen molar-refractivity contribution in [1.29, 1.82) is 0 Å². The fraction of sp³-hybridized carbons (Fsp3) is 0.207. The molecule has 4 aromatic rings. The standard InChI is InChI=1S/C29H28FN3O4/c1-17-8-9-31-26(10-17)32-15-21-14-25(37-16-21)22-6-4-20(5-7-22)13-24(29(35)36)33-28(34)27-18(2)11-23(30)12-19(27)3/h4-12,14,16,24H,13,15H2,1-3H3,(H,31,32)(H,33,34)(H,35,36). The van der Waals surface area contributed by atoms with E-state index in [-0.39, 0.29) is 12.0 Å². The van der Waals surface area contributed by atoms with Crippen molar-refractivity contribution in [3.05, 3.63) is 106 Å². The van der Waals surface area contributed by atoms with Crippen LogP contribution in [0.2, 0.25) is 0 Å². The lowest BCUT2D eigenvalue weighted by Gasteiger charge is -2.17. The van der Waals surface area contributed by atoms with Crippen LogP contribution in [0.5, 0.6) is 0 Å². The van der Waals surface area contributed by atoms with E-state index in [4.69, 9.17) is 4.42 Å². The maximum atomic E-state index is 13.6. The first-order valence-electron chi connectivity index (χ1n) is 11.8. The highest BCUT2D eigenvalue weighted by Crippen LogP contribution is 2.24. The summed E-state index contributed by atoms with van der Waals surface area (Å²) >= 11 is 0. The van der Waals surface area contributed by atoms with Crippen LogP contribution >= 0.6 is 0 Å². The SMILES string of the molecule is Cc1ccnc(NCc2coc(-c3ccc(CC(NC(=O)c4c(C)cc(F)cc4C)C(=O)O)cc3)c2)c1. The van der Waals surface area contributed by atoms with Gasteiger partial charge in [0.2, 0.25) is 0 Å². The zero-order valence-corrected chi connectivity index (χ0v) is 20.8. The molecule has 0 spiro atoms. The Bertz CT molecular complexity index is 1410. The van der Waals surface area contributed by atoms with Gasteiger partial charge in [-0.2, -0.15) is 0 Å². The highest BCUT2D eigenvalue weighted by Gasteiger charge is 2.23. The van der Waals surface area contributed by atoms with E-state index in [0.29, 0.717) is 23.4 Å². The summed E-state index contributed by atoms with van der Waals surface area (Å²) in [4.78, 5) is 28.9. The van der Waals surface area contributed by atoms with E-state index >= 15 is 0 Å². The molecular formula is C29H28FN3O4. The number of carbonyl (C=O) groups is 2. The molecule has 2 aromatic carbocycles. The second-order valence-electron chi connectivity index (χ2n) is 9.07. The summed E-state index contributed by atoms with van der Waals surface area (Å²) in [5.74, 6) is -0.662. The molecule has 4 rings (SSSR count). The smallest absolute Gasteiger partial charge is 0.326 e. The summed E-state index contributed by atoms with van der Waals surface area (Å²) in [6.45, 7) is 5.81. The number of hydrogen-bond donors (Lipinski definition) is 3. The lowest BCUT2D eigenvalue weighted by atomic mass is 10.00. The lowest BCUT2D eigenvalue weighted by molar-refractivity contribution is -0.139. The molecule has 190 valence electrons. The van der Waals surface area contributed by atoms with Crippen LogP contribution < -0.4 is 10.6 Å². The fourth-order valence-electron chi connectivity index (χ4n) is 4.19. The molecule has 3 N–H and O–H groups in total. The normalized spacial score (nSPS) is 11.7. The van der Waals surface area contributed by atoms with E-state index in [0.717, 1.165) is 28.1 Å². The molecule has 0 fully saturated rings. The first-order chi connectivity index (χ1) is 17.7. The maximum Gasteiger partial charge on any atom is 0.326 e. The second-order valence-corrected chi connectivity index (χ2v) is 9.07. The summed E-state index contributed by atoms with van der Waals surface area (Å²) in [5.41, 5.74) is 4.85. The summed E-state index contributed by atoms with van der Waals surface area (Å²) in [6.07, 6.45) is 3.53. The number of pyridine rings is 1. The van der Waals surface area contributed by atoms with E-state index in [1.165, 1.54) is 12.1 Å². The van der Waals surface area contributed by atoms with Crippen molar-refractivity contribution in [3.63, 3.8) is 0 Å². The van der Waals surface area contributed by atoms with Gasteiger partial charge in [0.25, 0.3) is 5.91 Å². The molecule has 1 amide bonds. The zero-order valence-electron chi connectivity index (χ0n) is 20.8. The van der Waals surface area contributed by atoms with Crippen molar-refractivity contribution in [2.24, 2.45) is 0 Å². The van der Waals surface area contributed by atoms with Crippen LogP contribution in [-0.4, -0.2) is 28.0 Å². The van der Waals surface area contributed by atoms with Gasteiger partial charge in [-0.15, -0.1) is 0 Å². The molecule has 2 aromatic heterocycles. The Hall–Kier alpha value is -4.46. The molecule has 8 heteroatoms. The number of carboxylic acids is 1. The monoisotopic (exact) mass is 501 g/mol. The van der Waals surface area contributed by atoms with Crippen LogP contribution in [0.3, 0.4) is 0 Å². The minimum Gasteiger partial charge on any atom is -0.480 e. The lowest BCUT2D eigenvalue weighted by Crippen LogP contribution is -2.42. The Morgan fingerprint density at radius 2 is 1.70 bits per heavy atom. The van der Waals surface area contributed by atoms with Crippen molar-refractivity contribution in [2.45, 2.75) is 39.8 Å². The number of nitrogens with one attached hydrogen (secondary N) is 2. The summed E-state index contributed by atoms with van der Waals surface area (Å²) in [5, 5.41) is 15.5. The average molecular weight is 502 g/mol. The number of amides is 1. The molecule has 7 nitrogen and oxygen atoms in total.